The quantitative estimate of drug-likeness (QED) is 0.427. The first-order valence-corrected chi connectivity index (χ1v) is 12.9. The van der Waals surface area contributed by atoms with Gasteiger partial charge >= 0.3 is 0 Å². The highest BCUT2D eigenvalue weighted by Crippen LogP contribution is 2.31. The Morgan fingerprint density at radius 2 is 2.03 bits per heavy atom. The van der Waals surface area contributed by atoms with Gasteiger partial charge in [0.1, 0.15) is 23.5 Å². The zero-order valence-electron chi connectivity index (χ0n) is 21.3. The molecule has 2 saturated heterocycles. The minimum absolute atomic E-state index is 0.0807. The van der Waals surface area contributed by atoms with Crippen LogP contribution in [0.1, 0.15) is 35.3 Å². The molecular weight excluding hydrogens is 482 g/mol. The third-order valence-electron chi connectivity index (χ3n) is 7.55. The highest BCUT2D eigenvalue weighted by atomic mass is 16.5. The molecule has 0 bridgehead atoms. The van der Waals surface area contributed by atoms with Gasteiger partial charge in [-0.3, -0.25) is 14.4 Å². The average molecular weight is 514 g/mol. The first kappa shape index (κ1) is 25.3. The van der Waals surface area contributed by atoms with Crippen LogP contribution in [0.4, 0.5) is 0 Å². The van der Waals surface area contributed by atoms with E-state index in [1.54, 1.807) is 18.1 Å². The van der Waals surface area contributed by atoms with Gasteiger partial charge in [-0.1, -0.05) is 36.4 Å². The lowest BCUT2D eigenvalue weighted by atomic mass is 9.96. The van der Waals surface area contributed by atoms with Crippen LogP contribution < -0.4 is 15.4 Å². The normalized spacial score (nSPS) is 21.6. The zero-order chi connectivity index (χ0) is 26.6. The second-order valence-electron chi connectivity index (χ2n) is 10.1. The fourth-order valence-corrected chi connectivity index (χ4v) is 5.63. The maximum Gasteiger partial charge on any atom is 0.270 e. The highest BCUT2D eigenvalue weighted by Gasteiger charge is 2.41. The SMILES string of the molecule is COc1cccc2[nH]c(C(=O)N3CC(Cc4ccccc4)CC3C(=O)NC(C#N)CC3CCNC3=O)cc12. The van der Waals surface area contributed by atoms with Gasteiger partial charge in [0.2, 0.25) is 11.8 Å². The summed E-state index contributed by atoms with van der Waals surface area (Å²) < 4.78 is 5.44. The number of methoxy groups -OCH3 is 1. The van der Waals surface area contributed by atoms with Crippen LogP contribution in [0.2, 0.25) is 0 Å². The smallest absolute Gasteiger partial charge is 0.270 e. The Hall–Kier alpha value is -4.32. The monoisotopic (exact) mass is 513 g/mol. The molecule has 0 aliphatic carbocycles. The van der Waals surface area contributed by atoms with E-state index < -0.39 is 12.1 Å². The van der Waals surface area contributed by atoms with Gasteiger partial charge in [-0.15, -0.1) is 0 Å². The molecule has 1 aromatic heterocycles. The molecule has 4 unspecified atom stereocenters. The lowest BCUT2D eigenvalue weighted by Gasteiger charge is -2.25. The molecule has 0 spiro atoms. The summed E-state index contributed by atoms with van der Waals surface area (Å²) in [4.78, 5) is 44.0. The molecule has 9 heteroatoms. The van der Waals surface area contributed by atoms with Gasteiger partial charge in [0.15, 0.2) is 0 Å². The number of aromatic nitrogens is 1. The minimum Gasteiger partial charge on any atom is -0.496 e. The van der Waals surface area contributed by atoms with E-state index in [0.29, 0.717) is 37.4 Å². The first-order valence-electron chi connectivity index (χ1n) is 12.9. The molecule has 38 heavy (non-hydrogen) atoms. The maximum atomic E-state index is 13.8. The number of H-pyrrole nitrogens is 1. The number of carbonyl (C=O) groups is 3. The number of likely N-dealkylation sites (tertiary alicyclic amines) is 1. The van der Waals surface area contributed by atoms with E-state index >= 15 is 0 Å². The number of aromatic amines is 1. The highest BCUT2D eigenvalue weighted by molar-refractivity contribution is 6.01. The van der Waals surface area contributed by atoms with Crippen LogP contribution in [-0.2, 0) is 16.0 Å². The van der Waals surface area contributed by atoms with Crippen LogP contribution in [0.25, 0.3) is 10.9 Å². The molecule has 4 atom stereocenters. The molecule has 3 amide bonds. The molecule has 0 saturated carbocycles. The van der Waals surface area contributed by atoms with Crippen molar-refractivity contribution in [1.82, 2.24) is 20.5 Å². The topological polar surface area (TPSA) is 127 Å². The maximum absolute atomic E-state index is 13.8. The van der Waals surface area contributed by atoms with Crippen LogP contribution in [0.3, 0.4) is 0 Å². The molecular formula is C29H31N5O4. The van der Waals surface area contributed by atoms with Crippen LogP contribution in [0, 0.1) is 23.2 Å². The number of rotatable bonds is 8. The van der Waals surface area contributed by atoms with Crippen LogP contribution >= 0.6 is 0 Å². The summed E-state index contributed by atoms with van der Waals surface area (Å²) in [5.41, 5.74) is 2.29. The summed E-state index contributed by atoms with van der Waals surface area (Å²) in [5.74, 6) is -0.293. The Bertz CT molecular complexity index is 1380. The van der Waals surface area contributed by atoms with E-state index in [9.17, 15) is 19.6 Å². The van der Waals surface area contributed by atoms with E-state index in [0.717, 1.165) is 22.9 Å². The van der Waals surface area contributed by atoms with Crippen molar-refractivity contribution in [2.24, 2.45) is 11.8 Å². The van der Waals surface area contributed by atoms with Crippen molar-refractivity contribution < 1.29 is 19.1 Å². The fourth-order valence-electron chi connectivity index (χ4n) is 5.63. The average Bonchev–Trinajstić information content (AvgIpc) is 3.66. The molecule has 2 aliphatic heterocycles. The fraction of sp³-hybridized carbons (Fsp3) is 0.379. The number of ether oxygens (including phenoxy) is 1. The van der Waals surface area contributed by atoms with Gasteiger partial charge < -0.3 is 25.3 Å². The van der Waals surface area contributed by atoms with Crippen molar-refractivity contribution in [1.29, 1.82) is 5.26 Å². The molecule has 2 aliphatic rings. The van der Waals surface area contributed by atoms with Gasteiger partial charge in [0, 0.05) is 29.9 Å². The third kappa shape index (κ3) is 5.21. The molecule has 196 valence electrons. The Kier molecular flexibility index (Phi) is 7.31. The van der Waals surface area contributed by atoms with Crippen LogP contribution in [-0.4, -0.2) is 59.9 Å². The number of nitriles is 1. The van der Waals surface area contributed by atoms with E-state index in [1.165, 1.54) is 0 Å². The summed E-state index contributed by atoms with van der Waals surface area (Å²) in [6.07, 6.45) is 2.12. The second-order valence-corrected chi connectivity index (χ2v) is 10.1. The van der Waals surface area contributed by atoms with Crippen molar-refractivity contribution in [2.45, 2.75) is 37.8 Å². The molecule has 2 aromatic carbocycles. The predicted octanol–water partition coefficient (Wildman–Crippen LogP) is 2.78. The number of benzene rings is 2. The van der Waals surface area contributed by atoms with Gasteiger partial charge in [-0.2, -0.15) is 5.26 Å². The molecule has 9 nitrogen and oxygen atoms in total. The molecule has 3 aromatic rings. The number of nitrogens with zero attached hydrogens (tertiary/aromatic N) is 2. The van der Waals surface area contributed by atoms with Gasteiger partial charge in [0.25, 0.3) is 5.91 Å². The first-order chi connectivity index (χ1) is 18.5. The molecule has 3 heterocycles. The summed E-state index contributed by atoms with van der Waals surface area (Å²) in [6, 6.07) is 17.9. The van der Waals surface area contributed by atoms with Gasteiger partial charge in [-0.25, -0.2) is 0 Å². The van der Waals surface area contributed by atoms with E-state index in [2.05, 4.69) is 21.7 Å². The summed E-state index contributed by atoms with van der Waals surface area (Å²) in [5, 5.41) is 16.1. The van der Waals surface area contributed by atoms with Gasteiger partial charge in [-0.05, 0) is 55.4 Å². The van der Waals surface area contributed by atoms with E-state index in [4.69, 9.17) is 4.74 Å². The third-order valence-corrected chi connectivity index (χ3v) is 7.55. The molecule has 0 radical (unpaired) electrons. The van der Waals surface area contributed by atoms with Crippen LogP contribution in [0.5, 0.6) is 5.75 Å². The Balaban J connectivity index is 1.37. The lowest BCUT2D eigenvalue weighted by Crippen LogP contribution is -2.49. The number of hydrogen-bond donors (Lipinski definition) is 3. The standard InChI is InChI=1S/C29H31N5O4/c1-38-26-9-5-8-23-22(26)15-24(33-23)29(37)34-17-19(12-18-6-3-2-4-7-18)13-25(34)28(36)32-21(16-30)14-20-10-11-31-27(20)35/h2-9,15,19-21,25,33H,10-14,17H2,1H3,(H,31,35)(H,32,36). The van der Waals surface area contributed by atoms with Gasteiger partial charge in [0.05, 0.1) is 13.2 Å². The van der Waals surface area contributed by atoms with E-state index in [-0.39, 0.29) is 36.0 Å². The Morgan fingerprint density at radius 1 is 1.21 bits per heavy atom. The zero-order valence-corrected chi connectivity index (χ0v) is 21.3. The largest absolute Gasteiger partial charge is 0.496 e. The van der Waals surface area contributed by atoms with Crippen molar-refractivity contribution in [3.05, 3.63) is 65.9 Å². The van der Waals surface area contributed by atoms with Crippen molar-refractivity contribution in [3.63, 3.8) is 0 Å². The minimum atomic E-state index is -0.807. The molecule has 2 fully saturated rings. The van der Waals surface area contributed by atoms with Crippen molar-refractivity contribution in [3.8, 4) is 11.8 Å². The van der Waals surface area contributed by atoms with E-state index in [1.807, 2.05) is 48.5 Å². The summed E-state index contributed by atoms with van der Waals surface area (Å²) in [6.45, 7) is 0.998. The summed E-state index contributed by atoms with van der Waals surface area (Å²) >= 11 is 0. The molecule has 5 rings (SSSR count). The predicted molar refractivity (Wildman–Crippen MR) is 141 cm³/mol. The van der Waals surface area contributed by atoms with Crippen molar-refractivity contribution >= 4 is 28.6 Å². The Morgan fingerprint density at radius 3 is 2.74 bits per heavy atom. The number of hydrogen-bond acceptors (Lipinski definition) is 5. The van der Waals surface area contributed by atoms with Crippen molar-refractivity contribution in [2.75, 3.05) is 20.2 Å². The Labute approximate surface area is 221 Å². The molecule has 3 N–H and O–H groups in total. The lowest BCUT2D eigenvalue weighted by molar-refractivity contribution is -0.126. The number of nitrogens with one attached hydrogen (secondary N) is 3. The number of carbonyl (C=O) groups excluding carboxylic acids is 3. The van der Waals surface area contributed by atoms with Crippen LogP contribution in [0.15, 0.2) is 54.6 Å². The summed E-state index contributed by atoms with van der Waals surface area (Å²) in [7, 11) is 1.58. The second kappa shape index (κ2) is 11.0. The number of fused-ring (bicyclic) bond motifs is 1. The number of amides is 3.